The smallest absolute Gasteiger partial charge is 0.376 e. The summed E-state index contributed by atoms with van der Waals surface area (Å²) in [5, 5.41) is 10.1. The Morgan fingerprint density at radius 1 is 0.957 bits per heavy atom. The van der Waals surface area contributed by atoms with Gasteiger partial charge < -0.3 is 5.11 Å². The van der Waals surface area contributed by atoms with E-state index >= 15 is 0 Å². The quantitative estimate of drug-likeness (QED) is 0.842. The number of allylic oxidation sites excluding steroid dienone is 1. The lowest BCUT2D eigenvalue weighted by atomic mass is 9.87. The summed E-state index contributed by atoms with van der Waals surface area (Å²) in [6.45, 7) is 0. The van der Waals surface area contributed by atoms with Crippen LogP contribution in [0.5, 0.6) is 0 Å². The fourth-order valence-electron chi connectivity index (χ4n) is 2.14. The maximum absolute atomic E-state index is 13.3. The monoisotopic (exact) mass is 320 g/mol. The summed E-state index contributed by atoms with van der Waals surface area (Å²) in [6.07, 6.45) is -3.55. The summed E-state index contributed by atoms with van der Waals surface area (Å²) in [5.74, 6) is -0.808. The highest BCUT2D eigenvalue weighted by molar-refractivity contribution is 5.94. The molecule has 1 atom stereocenters. The summed E-state index contributed by atoms with van der Waals surface area (Å²) >= 11 is 0. The van der Waals surface area contributed by atoms with Crippen LogP contribution in [0, 0.1) is 0 Å². The predicted molar refractivity (Wildman–Crippen MR) is 81.5 cm³/mol. The van der Waals surface area contributed by atoms with Crippen molar-refractivity contribution >= 4 is 11.9 Å². The van der Waals surface area contributed by atoms with E-state index in [2.05, 4.69) is 0 Å². The van der Waals surface area contributed by atoms with Gasteiger partial charge in [0.15, 0.2) is 11.4 Å². The van der Waals surface area contributed by atoms with Crippen molar-refractivity contribution in [3.63, 3.8) is 0 Å². The van der Waals surface area contributed by atoms with Crippen LogP contribution >= 0.6 is 0 Å². The molecule has 0 fully saturated rings. The van der Waals surface area contributed by atoms with Gasteiger partial charge in [-0.05, 0) is 17.2 Å². The molecule has 120 valence electrons. The van der Waals surface area contributed by atoms with E-state index in [1.165, 1.54) is 24.3 Å². The fraction of sp³-hybridized carbons (Fsp3) is 0.167. The number of ketones is 1. The minimum Gasteiger partial charge on any atom is -0.376 e. The number of rotatable bonds is 5. The van der Waals surface area contributed by atoms with Crippen LogP contribution in [0.15, 0.2) is 66.7 Å². The fourth-order valence-corrected chi connectivity index (χ4v) is 2.14. The average molecular weight is 320 g/mol. The van der Waals surface area contributed by atoms with Crippen LogP contribution in [-0.4, -0.2) is 17.1 Å². The van der Waals surface area contributed by atoms with Gasteiger partial charge in [-0.1, -0.05) is 66.7 Å². The van der Waals surface area contributed by atoms with Crippen LogP contribution in [0.3, 0.4) is 0 Å². The van der Waals surface area contributed by atoms with E-state index in [-0.39, 0.29) is 5.56 Å². The number of halogens is 3. The molecule has 0 saturated carbocycles. The van der Waals surface area contributed by atoms with Gasteiger partial charge in [0.05, 0.1) is 6.42 Å². The number of hydrogen-bond donors (Lipinski definition) is 1. The van der Waals surface area contributed by atoms with Gasteiger partial charge in [-0.15, -0.1) is 0 Å². The molecule has 2 rings (SSSR count). The molecule has 5 heteroatoms. The molecule has 0 aliphatic carbocycles. The van der Waals surface area contributed by atoms with Crippen molar-refractivity contribution in [3.05, 3.63) is 77.9 Å². The molecule has 0 radical (unpaired) electrons. The lowest BCUT2D eigenvalue weighted by molar-refractivity contribution is -0.266. The van der Waals surface area contributed by atoms with Gasteiger partial charge >= 0.3 is 6.18 Å². The predicted octanol–water partition coefficient (Wildman–Crippen LogP) is 4.11. The molecule has 0 unspecified atom stereocenters. The van der Waals surface area contributed by atoms with E-state index in [4.69, 9.17) is 0 Å². The third kappa shape index (κ3) is 4.07. The van der Waals surface area contributed by atoms with Crippen LogP contribution in [0.2, 0.25) is 0 Å². The Labute approximate surface area is 131 Å². The molecule has 0 spiro atoms. The minimum atomic E-state index is -4.95. The van der Waals surface area contributed by atoms with Crippen molar-refractivity contribution < 1.29 is 23.1 Å². The summed E-state index contributed by atoms with van der Waals surface area (Å²) in [6, 6.07) is 15.3. The molecule has 23 heavy (non-hydrogen) atoms. The van der Waals surface area contributed by atoms with Gasteiger partial charge in [0, 0.05) is 0 Å². The third-order valence-corrected chi connectivity index (χ3v) is 3.41. The lowest BCUT2D eigenvalue weighted by Crippen LogP contribution is -2.43. The summed E-state index contributed by atoms with van der Waals surface area (Å²) in [5.41, 5.74) is -2.86. The molecule has 0 aliphatic heterocycles. The SMILES string of the molecule is O=C(/C=C/c1ccccc1)C[C@@](O)(c1ccccc1)C(F)(F)F. The standard InChI is InChI=1S/C18H15F3O2/c19-18(20,21)17(23,15-9-5-2-6-10-15)13-16(22)12-11-14-7-3-1-4-8-14/h1-12,23H,13H2/b12-11+/t17-/m1/s1. The van der Waals surface area contributed by atoms with Crippen molar-refractivity contribution in [2.75, 3.05) is 0 Å². The summed E-state index contributed by atoms with van der Waals surface area (Å²) in [7, 11) is 0. The molecule has 0 bridgehead atoms. The first-order valence-corrected chi connectivity index (χ1v) is 6.93. The number of benzene rings is 2. The Morgan fingerprint density at radius 2 is 1.48 bits per heavy atom. The van der Waals surface area contributed by atoms with Gasteiger partial charge in [0.25, 0.3) is 0 Å². The van der Waals surface area contributed by atoms with Crippen molar-refractivity contribution in [1.29, 1.82) is 0 Å². The summed E-state index contributed by atoms with van der Waals surface area (Å²) < 4.78 is 39.9. The van der Waals surface area contributed by atoms with Crippen LogP contribution in [0.1, 0.15) is 17.5 Å². The van der Waals surface area contributed by atoms with Crippen LogP contribution in [-0.2, 0) is 10.4 Å². The zero-order valence-electron chi connectivity index (χ0n) is 12.1. The van der Waals surface area contributed by atoms with Crippen molar-refractivity contribution in [2.45, 2.75) is 18.2 Å². The van der Waals surface area contributed by atoms with E-state index in [1.54, 1.807) is 30.3 Å². The maximum Gasteiger partial charge on any atom is 0.421 e. The van der Waals surface area contributed by atoms with Gasteiger partial charge in [-0.25, -0.2) is 0 Å². The molecular weight excluding hydrogens is 305 g/mol. The van der Waals surface area contributed by atoms with E-state index in [0.29, 0.717) is 5.56 Å². The number of aliphatic hydroxyl groups is 1. The van der Waals surface area contributed by atoms with Gasteiger partial charge in [-0.3, -0.25) is 4.79 Å². The number of hydrogen-bond acceptors (Lipinski definition) is 2. The zero-order chi connectivity index (χ0) is 16.9. The Balaban J connectivity index is 2.22. The number of carbonyl (C=O) groups is 1. The lowest BCUT2D eigenvalue weighted by Gasteiger charge is -2.30. The third-order valence-electron chi connectivity index (χ3n) is 3.41. The normalized spacial score (nSPS) is 14.6. The van der Waals surface area contributed by atoms with Gasteiger partial charge in [0.1, 0.15) is 0 Å². The molecular formula is C18H15F3O2. The molecule has 2 aromatic rings. The van der Waals surface area contributed by atoms with Crippen LogP contribution in [0.4, 0.5) is 13.2 Å². The molecule has 0 aromatic heterocycles. The van der Waals surface area contributed by atoms with E-state index < -0.39 is 24.0 Å². The van der Waals surface area contributed by atoms with Gasteiger partial charge in [-0.2, -0.15) is 13.2 Å². The first-order valence-electron chi connectivity index (χ1n) is 6.93. The molecule has 0 amide bonds. The Morgan fingerprint density at radius 3 is 2.00 bits per heavy atom. The maximum atomic E-state index is 13.3. The topological polar surface area (TPSA) is 37.3 Å². The number of alkyl halides is 3. The van der Waals surface area contributed by atoms with Crippen molar-refractivity contribution in [3.8, 4) is 0 Å². The first-order chi connectivity index (χ1) is 10.8. The first kappa shape index (κ1) is 17.0. The highest BCUT2D eigenvalue weighted by Gasteiger charge is 2.55. The highest BCUT2D eigenvalue weighted by Crippen LogP contribution is 2.41. The Hall–Kier alpha value is -2.40. The molecule has 2 aromatic carbocycles. The van der Waals surface area contributed by atoms with E-state index in [0.717, 1.165) is 18.2 Å². The number of carbonyl (C=O) groups excluding carboxylic acids is 1. The second-order valence-electron chi connectivity index (χ2n) is 5.11. The zero-order valence-corrected chi connectivity index (χ0v) is 12.1. The summed E-state index contributed by atoms with van der Waals surface area (Å²) in [4.78, 5) is 11.9. The largest absolute Gasteiger partial charge is 0.421 e. The Kier molecular flexibility index (Phi) is 5.01. The van der Waals surface area contributed by atoms with Crippen LogP contribution < -0.4 is 0 Å². The molecule has 0 aliphatic rings. The van der Waals surface area contributed by atoms with Gasteiger partial charge in [0.2, 0.25) is 0 Å². The second kappa shape index (κ2) is 6.79. The van der Waals surface area contributed by atoms with E-state index in [1.807, 2.05) is 0 Å². The minimum absolute atomic E-state index is 0.353. The van der Waals surface area contributed by atoms with Crippen LogP contribution in [0.25, 0.3) is 6.08 Å². The molecule has 0 heterocycles. The second-order valence-corrected chi connectivity index (χ2v) is 5.11. The average Bonchev–Trinajstić information content (AvgIpc) is 2.53. The Bertz CT molecular complexity index is 678. The molecule has 1 N–H and O–H groups in total. The molecule has 2 nitrogen and oxygen atoms in total. The molecule has 0 saturated heterocycles. The van der Waals surface area contributed by atoms with Crippen molar-refractivity contribution in [1.82, 2.24) is 0 Å². The van der Waals surface area contributed by atoms with Crippen molar-refractivity contribution in [2.24, 2.45) is 0 Å². The highest BCUT2D eigenvalue weighted by atomic mass is 19.4. The van der Waals surface area contributed by atoms with E-state index in [9.17, 15) is 23.1 Å².